The molecule has 0 fully saturated rings. The first kappa shape index (κ1) is 16.8. The number of hydrogen-bond donors (Lipinski definition) is 2. The van der Waals surface area contributed by atoms with E-state index in [-0.39, 0.29) is 11.7 Å². The van der Waals surface area contributed by atoms with Gasteiger partial charge in [0, 0.05) is 24.1 Å². The molecule has 5 nitrogen and oxygen atoms in total. The average molecular weight is 357 g/mol. The van der Waals surface area contributed by atoms with Crippen molar-refractivity contribution in [3.8, 4) is 11.5 Å². The van der Waals surface area contributed by atoms with E-state index < -0.39 is 0 Å². The van der Waals surface area contributed by atoms with Crippen LogP contribution in [0.1, 0.15) is 17.5 Å². The van der Waals surface area contributed by atoms with Crippen LogP contribution in [-0.2, 0) is 17.8 Å². The molecule has 2 aliphatic rings. The zero-order chi connectivity index (χ0) is 17.9. The van der Waals surface area contributed by atoms with E-state index >= 15 is 0 Å². The fraction of sp³-hybridized carbons (Fsp3) is 0.350. The van der Waals surface area contributed by atoms with E-state index in [1.54, 1.807) is 12.1 Å². The minimum absolute atomic E-state index is 0.0654. The second-order valence-corrected chi connectivity index (χ2v) is 6.78. The second-order valence-electron chi connectivity index (χ2n) is 6.78. The van der Waals surface area contributed by atoms with Crippen LogP contribution in [0.25, 0.3) is 0 Å². The highest BCUT2D eigenvalue weighted by atomic mass is 19.1. The van der Waals surface area contributed by atoms with Gasteiger partial charge in [-0.25, -0.2) is 4.39 Å². The van der Waals surface area contributed by atoms with E-state index in [0.29, 0.717) is 25.4 Å². The van der Waals surface area contributed by atoms with Gasteiger partial charge in [0.05, 0.1) is 19.8 Å². The molecule has 4 rings (SSSR count). The molecule has 0 saturated heterocycles. The third kappa shape index (κ3) is 3.80. The van der Waals surface area contributed by atoms with Gasteiger partial charge in [0.15, 0.2) is 18.0 Å². The first-order valence-corrected chi connectivity index (χ1v) is 8.98. The smallest absolute Gasteiger partial charge is 0.279 e. The molecule has 2 aromatic rings. The lowest BCUT2D eigenvalue weighted by Crippen LogP contribution is -3.12. The molecular formula is C20H22FN2O3+. The number of nitrogens with one attached hydrogen (secondary N) is 2. The van der Waals surface area contributed by atoms with Crippen molar-refractivity contribution in [1.29, 1.82) is 0 Å². The Hall–Kier alpha value is -2.60. The SMILES string of the molecule is O=C(C[NH+]1CCc2cc3c(cc2C1)OCCCO3)Nc1ccc(F)cc1. The van der Waals surface area contributed by atoms with E-state index in [0.717, 1.165) is 37.4 Å². The van der Waals surface area contributed by atoms with E-state index in [9.17, 15) is 9.18 Å². The van der Waals surface area contributed by atoms with Gasteiger partial charge in [-0.05, 0) is 42.0 Å². The molecule has 2 aliphatic heterocycles. The van der Waals surface area contributed by atoms with Crippen molar-refractivity contribution < 1.29 is 23.6 Å². The van der Waals surface area contributed by atoms with Crippen molar-refractivity contribution in [2.24, 2.45) is 0 Å². The molecule has 6 heteroatoms. The molecule has 0 aliphatic carbocycles. The fourth-order valence-corrected chi connectivity index (χ4v) is 3.48. The summed E-state index contributed by atoms with van der Waals surface area (Å²) in [5.41, 5.74) is 3.10. The van der Waals surface area contributed by atoms with Gasteiger partial charge >= 0.3 is 0 Å². The number of carbonyl (C=O) groups is 1. The monoisotopic (exact) mass is 357 g/mol. The van der Waals surface area contributed by atoms with Crippen LogP contribution in [0.4, 0.5) is 10.1 Å². The van der Waals surface area contributed by atoms with Gasteiger partial charge in [0.1, 0.15) is 12.4 Å². The van der Waals surface area contributed by atoms with Gasteiger partial charge in [-0.3, -0.25) is 4.79 Å². The number of benzene rings is 2. The Morgan fingerprint density at radius 3 is 2.50 bits per heavy atom. The second kappa shape index (κ2) is 7.33. The maximum atomic E-state index is 12.9. The molecule has 0 spiro atoms. The number of amides is 1. The number of fused-ring (bicyclic) bond motifs is 2. The Balaban J connectivity index is 1.40. The Morgan fingerprint density at radius 1 is 1.08 bits per heavy atom. The van der Waals surface area contributed by atoms with Gasteiger partial charge < -0.3 is 19.7 Å². The van der Waals surface area contributed by atoms with Gasteiger partial charge in [-0.15, -0.1) is 0 Å². The summed E-state index contributed by atoms with van der Waals surface area (Å²) in [6.07, 6.45) is 1.80. The number of hydrogen-bond acceptors (Lipinski definition) is 3. The van der Waals surface area contributed by atoms with Crippen LogP contribution in [0.3, 0.4) is 0 Å². The van der Waals surface area contributed by atoms with E-state index in [1.165, 1.54) is 28.2 Å². The van der Waals surface area contributed by atoms with Crippen molar-refractivity contribution in [1.82, 2.24) is 0 Å². The topological polar surface area (TPSA) is 52.0 Å². The lowest BCUT2D eigenvalue weighted by Gasteiger charge is -2.26. The van der Waals surface area contributed by atoms with Crippen LogP contribution < -0.4 is 19.7 Å². The van der Waals surface area contributed by atoms with Gasteiger partial charge in [0.25, 0.3) is 5.91 Å². The van der Waals surface area contributed by atoms with Crippen molar-refractivity contribution in [3.05, 3.63) is 53.3 Å². The first-order chi connectivity index (χ1) is 12.7. The Kier molecular flexibility index (Phi) is 4.75. The summed E-state index contributed by atoms with van der Waals surface area (Å²) >= 11 is 0. The molecule has 0 aromatic heterocycles. The molecule has 0 saturated carbocycles. The number of ether oxygens (including phenoxy) is 2. The molecule has 1 unspecified atom stereocenters. The summed E-state index contributed by atoms with van der Waals surface area (Å²) in [5.74, 6) is 1.26. The molecule has 2 heterocycles. The molecule has 26 heavy (non-hydrogen) atoms. The quantitative estimate of drug-likeness (QED) is 0.877. The number of quaternary nitrogens is 1. The largest absolute Gasteiger partial charge is 0.490 e. The number of carbonyl (C=O) groups excluding carboxylic acids is 1. The van der Waals surface area contributed by atoms with Crippen molar-refractivity contribution in [3.63, 3.8) is 0 Å². The van der Waals surface area contributed by atoms with Crippen LogP contribution in [0, 0.1) is 5.82 Å². The van der Waals surface area contributed by atoms with Gasteiger partial charge in [-0.1, -0.05) is 0 Å². The van der Waals surface area contributed by atoms with Crippen LogP contribution in [0.15, 0.2) is 36.4 Å². The van der Waals surface area contributed by atoms with Crippen molar-refractivity contribution in [2.45, 2.75) is 19.4 Å². The maximum absolute atomic E-state index is 12.9. The van der Waals surface area contributed by atoms with E-state index in [1.807, 2.05) is 0 Å². The molecule has 0 bridgehead atoms. The third-order valence-electron chi connectivity index (χ3n) is 4.80. The van der Waals surface area contributed by atoms with Crippen LogP contribution in [0.2, 0.25) is 0 Å². The Morgan fingerprint density at radius 2 is 1.77 bits per heavy atom. The van der Waals surface area contributed by atoms with Crippen molar-refractivity contribution in [2.75, 3.05) is 31.6 Å². The standard InChI is InChI=1S/C20H21FN2O3/c21-16-2-4-17(5-3-16)22-20(24)13-23-7-6-14-10-18-19(11-15(14)12-23)26-9-1-8-25-18/h2-5,10-11H,1,6-9,12-13H2,(H,22,24)/p+1. The molecular weight excluding hydrogens is 335 g/mol. The number of rotatable bonds is 3. The highest BCUT2D eigenvalue weighted by Crippen LogP contribution is 2.33. The predicted molar refractivity (Wildman–Crippen MR) is 95.2 cm³/mol. The zero-order valence-electron chi connectivity index (χ0n) is 14.5. The van der Waals surface area contributed by atoms with Crippen LogP contribution in [-0.4, -0.2) is 32.2 Å². The summed E-state index contributed by atoms with van der Waals surface area (Å²) in [6.45, 7) is 3.41. The third-order valence-corrected chi connectivity index (χ3v) is 4.80. The number of anilines is 1. The minimum atomic E-state index is -0.313. The number of halogens is 1. The Bertz CT molecular complexity index is 807. The summed E-state index contributed by atoms with van der Waals surface area (Å²) in [5, 5.41) is 2.83. The molecule has 1 atom stereocenters. The fourth-order valence-electron chi connectivity index (χ4n) is 3.48. The average Bonchev–Trinajstić information content (AvgIpc) is 2.86. The van der Waals surface area contributed by atoms with E-state index in [2.05, 4.69) is 17.4 Å². The normalized spacial score (nSPS) is 18.6. The van der Waals surface area contributed by atoms with E-state index in [4.69, 9.17) is 9.47 Å². The summed E-state index contributed by atoms with van der Waals surface area (Å²) in [4.78, 5) is 13.5. The van der Waals surface area contributed by atoms with Gasteiger partial charge in [0.2, 0.25) is 0 Å². The predicted octanol–water partition coefficient (Wildman–Crippen LogP) is 1.57. The van der Waals surface area contributed by atoms with Crippen LogP contribution >= 0.6 is 0 Å². The summed E-state index contributed by atoms with van der Waals surface area (Å²) < 4.78 is 24.5. The lowest BCUT2D eigenvalue weighted by molar-refractivity contribution is -0.907. The molecule has 2 aromatic carbocycles. The zero-order valence-corrected chi connectivity index (χ0v) is 14.5. The molecule has 0 radical (unpaired) electrons. The first-order valence-electron chi connectivity index (χ1n) is 8.98. The summed E-state index contributed by atoms with van der Waals surface area (Å²) in [7, 11) is 0. The highest BCUT2D eigenvalue weighted by Gasteiger charge is 2.24. The molecule has 136 valence electrons. The summed E-state index contributed by atoms with van der Waals surface area (Å²) in [6, 6.07) is 9.97. The molecule has 2 N–H and O–H groups in total. The van der Waals surface area contributed by atoms with Crippen molar-refractivity contribution >= 4 is 11.6 Å². The van der Waals surface area contributed by atoms with Gasteiger partial charge in [-0.2, -0.15) is 0 Å². The van der Waals surface area contributed by atoms with Crippen LogP contribution in [0.5, 0.6) is 11.5 Å². The maximum Gasteiger partial charge on any atom is 0.279 e. The highest BCUT2D eigenvalue weighted by molar-refractivity contribution is 5.91. The Labute approximate surface area is 151 Å². The lowest BCUT2D eigenvalue weighted by atomic mass is 9.99. The minimum Gasteiger partial charge on any atom is -0.490 e. The molecule has 1 amide bonds.